The maximum Gasteiger partial charge on any atom is 0.223 e. The molecule has 0 spiro atoms. The molecule has 1 aliphatic heterocycles. The number of piperidine rings is 1. The van der Waals surface area contributed by atoms with Crippen LogP contribution in [0.2, 0.25) is 0 Å². The van der Waals surface area contributed by atoms with E-state index in [1.807, 2.05) is 54.9 Å². The van der Waals surface area contributed by atoms with Gasteiger partial charge in [0.05, 0.1) is 0 Å². The summed E-state index contributed by atoms with van der Waals surface area (Å²) in [4.78, 5) is 18.6. The molecule has 2 aromatic rings. The van der Waals surface area contributed by atoms with Crippen molar-refractivity contribution in [3.8, 4) is 0 Å². The van der Waals surface area contributed by atoms with Gasteiger partial charge in [-0.05, 0) is 30.5 Å². The number of amides is 1. The number of benzene rings is 1. The maximum atomic E-state index is 12.3. The molecular formula is C18H21N3O. The van der Waals surface area contributed by atoms with Crippen LogP contribution in [0, 0.1) is 5.92 Å². The Morgan fingerprint density at radius 3 is 2.45 bits per heavy atom. The summed E-state index contributed by atoms with van der Waals surface area (Å²) in [6, 6.07) is 14.1. The van der Waals surface area contributed by atoms with Gasteiger partial charge in [-0.1, -0.05) is 30.3 Å². The van der Waals surface area contributed by atoms with Crippen molar-refractivity contribution in [3.63, 3.8) is 0 Å². The molecule has 0 bridgehead atoms. The van der Waals surface area contributed by atoms with E-state index in [4.69, 9.17) is 0 Å². The summed E-state index contributed by atoms with van der Waals surface area (Å²) in [5.74, 6) is 0.306. The van der Waals surface area contributed by atoms with Gasteiger partial charge in [0.2, 0.25) is 5.91 Å². The molecule has 2 heterocycles. The fourth-order valence-corrected chi connectivity index (χ4v) is 2.88. The summed E-state index contributed by atoms with van der Waals surface area (Å²) in [5, 5.41) is 3.06. The Labute approximate surface area is 131 Å². The van der Waals surface area contributed by atoms with E-state index in [-0.39, 0.29) is 11.8 Å². The molecule has 3 rings (SSSR count). The molecule has 22 heavy (non-hydrogen) atoms. The second-order valence-electron chi connectivity index (χ2n) is 5.67. The van der Waals surface area contributed by atoms with Crippen molar-refractivity contribution >= 4 is 11.6 Å². The highest BCUT2D eigenvalue weighted by molar-refractivity contribution is 5.79. The van der Waals surface area contributed by atoms with Crippen molar-refractivity contribution in [2.45, 2.75) is 19.4 Å². The van der Waals surface area contributed by atoms with Gasteiger partial charge < -0.3 is 10.2 Å². The predicted octanol–water partition coefficient (Wildman–Crippen LogP) is 2.61. The topological polar surface area (TPSA) is 45.2 Å². The van der Waals surface area contributed by atoms with Crippen LogP contribution in [0.4, 0.5) is 5.69 Å². The number of rotatable bonds is 4. The van der Waals surface area contributed by atoms with Gasteiger partial charge in [0.15, 0.2) is 0 Å². The quantitative estimate of drug-likeness (QED) is 0.943. The number of pyridine rings is 1. The van der Waals surface area contributed by atoms with Gasteiger partial charge in [0, 0.05) is 43.6 Å². The van der Waals surface area contributed by atoms with Crippen LogP contribution in [0.3, 0.4) is 0 Å². The molecule has 1 saturated heterocycles. The standard InChI is InChI=1S/C18H21N3O/c22-18(20-14-15-4-2-1-3-5-15)16-8-12-21(13-9-16)17-6-10-19-11-7-17/h1-7,10-11,16H,8-9,12-14H2,(H,20,22). The monoisotopic (exact) mass is 295 g/mol. The van der Waals surface area contributed by atoms with E-state index in [0.717, 1.165) is 31.5 Å². The molecule has 0 radical (unpaired) electrons. The van der Waals surface area contributed by atoms with Crippen LogP contribution in [0.5, 0.6) is 0 Å². The molecular weight excluding hydrogens is 274 g/mol. The first-order valence-corrected chi connectivity index (χ1v) is 7.79. The minimum absolute atomic E-state index is 0.127. The predicted molar refractivity (Wildman–Crippen MR) is 87.5 cm³/mol. The molecule has 1 aliphatic rings. The summed E-state index contributed by atoms with van der Waals surface area (Å²) in [5.41, 5.74) is 2.34. The van der Waals surface area contributed by atoms with Crippen LogP contribution >= 0.6 is 0 Å². The smallest absolute Gasteiger partial charge is 0.223 e. The number of anilines is 1. The Morgan fingerprint density at radius 1 is 1.09 bits per heavy atom. The summed E-state index contributed by atoms with van der Waals surface area (Å²) in [7, 11) is 0. The van der Waals surface area contributed by atoms with Gasteiger partial charge in [-0.3, -0.25) is 9.78 Å². The molecule has 1 aromatic carbocycles. The van der Waals surface area contributed by atoms with Crippen molar-refractivity contribution < 1.29 is 4.79 Å². The minimum Gasteiger partial charge on any atom is -0.371 e. The minimum atomic E-state index is 0.127. The van der Waals surface area contributed by atoms with Crippen molar-refractivity contribution in [3.05, 3.63) is 60.4 Å². The van der Waals surface area contributed by atoms with E-state index in [0.29, 0.717) is 6.54 Å². The first-order chi connectivity index (χ1) is 10.8. The van der Waals surface area contributed by atoms with E-state index >= 15 is 0 Å². The maximum absolute atomic E-state index is 12.3. The molecule has 0 aliphatic carbocycles. The highest BCUT2D eigenvalue weighted by atomic mass is 16.1. The van der Waals surface area contributed by atoms with Crippen LogP contribution in [0.25, 0.3) is 0 Å². The fraction of sp³-hybridized carbons (Fsp3) is 0.333. The van der Waals surface area contributed by atoms with E-state index < -0.39 is 0 Å². The van der Waals surface area contributed by atoms with Gasteiger partial charge in [-0.2, -0.15) is 0 Å². The fourth-order valence-electron chi connectivity index (χ4n) is 2.88. The van der Waals surface area contributed by atoms with Gasteiger partial charge >= 0.3 is 0 Å². The number of hydrogen-bond acceptors (Lipinski definition) is 3. The average molecular weight is 295 g/mol. The van der Waals surface area contributed by atoms with Crippen molar-refractivity contribution in [1.82, 2.24) is 10.3 Å². The van der Waals surface area contributed by atoms with E-state index in [2.05, 4.69) is 15.2 Å². The molecule has 0 unspecified atom stereocenters. The first kappa shape index (κ1) is 14.6. The summed E-state index contributed by atoms with van der Waals surface area (Å²) in [6.07, 6.45) is 5.44. The zero-order valence-electron chi connectivity index (χ0n) is 12.6. The summed E-state index contributed by atoms with van der Waals surface area (Å²) in [6.45, 7) is 2.46. The van der Waals surface area contributed by atoms with Gasteiger partial charge in [0.25, 0.3) is 0 Å². The van der Waals surface area contributed by atoms with Crippen molar-refractivity contribution in [2.75, 3.05) is 18.0 Å². The van der Waals surface area contributed by atoms with Crippen molar-refractivity contribution in [2.24, 2.45) is 5.92 Å². The summed E-state index contributed by atoms with van der Waals surface area (Å²) < 4.78 is 0. The van der Waals surface area contributed by atoms with E-state index in [9.17, 15) is 4.79 Å². The molecule has 4 heteroatoms. The molecule has 1 aromatic heterocycles. The highest BCUT2D eigenvalue weighted by Gasteiger charge is 2.24. The van der Waals surface area contributed by atoms with Crippen LogP contribution in [0.1, 0.15) is 18.4 Å². The number of aromatic nitrogens is 1. The third-order valence-electron chi connectivity index (χ3n) is 4.20. The molecule has 1 amide bonds. The second-order valence-corrected chi connectivity index (χ2v) is 5.67. The SMILES string of the molecule is O=C(NCc1ccccc1)C1CCN(c2ccncc2)CC1. The lowest BCUT2D eigenvalue weighted by atomic mass is 9.95. The van der Waals surface area contributed by atoms with Crippen LogP contribution in [-0.2, 0) is 11.3 Å². The van der Waals surface area contributed by atoms with Gasteiger partial charge in [-0.25, -0.2) is 0 Å². The van der Waals surface area contributed by atoms with Gasteiger partial charge in [-0.15, -0.1) is 0 Å². The Kier molecular flexibility index (Phi) is 4.68. The number of carbonyl (C=O) groups is 1. The molecule has 1 N–H and O–H groups in total. The van der Waals surface area contributed by atoms with E-state index in [1.54, 1.807) is 0 Å². The molecule has 114 valence electrons. The molecule has 1 fully saturated rings. The number of nitrogens with one attached hydrogen (secondary N) is 1. The lowest BCUT2D eigenvalue weighted by Gasteiger charge is -2.32. The number of nitrogens with zero attached hydrogens (tertiary/aromatic N) is 2. The molecule has 0 atom stereocenters. The zero-order chi connectivity index (χ0) is 15.2. The highest BCUT2D eigenvalue weighted by Crippen LogP contribution is 2.22. The number of carbonyl (C=O) groups excluding carboxylic acids is 1. The molecule has 0 saturated carbocycles. The van der Waals surface area contributed by atoms with Crippen LogP contribution in [-0.4, -0.2) is 24.0 Å². The van der Waals surface area contributed by atoms with Crippen LogP contribution < -0.4 is 10.2 Å². The van der Waals surface area contributed by atoms with Crippen molar-refractivity contribution in [1.29, 1.82) is 0 Å². The molecule has 4 nitrogen and oxygen atoms in total. The lowest BCUT2D eigenvalue weighted by Crippen LogP contribution is -2.40. The third kappa shape index (κ3) is 3.64. The Morgan fingerprint density at radius 2 is 1.77 bits per heavy atom. The average Bonchev–Trinajstić information content (AvgIpc) is 2.61. The first-order valence-electron chi connectivity index (χ1n) is 7.79. The Bertz CT molecular complexity index is 592. The zero-order valence-corrected chi connectivity index (χ0v) is 12.6. The van der Waals surface area contributed by atoms with Crippen LogP contribution in [0.15, 0.2) is 54.9 Å². The Hall–Kier alpha value is -2.36. The normalized spacial score (nSPS) is 15.5. The Balaban J connectivity index is 1.48. The second kappa shape index (κ2) is 7.07. The summed E-state index contributed by atoms with van der Waals surface area (Å²) >= 11 is 0. The largest absolute Gasteiger partial charge is 0.371 e. The number of hydrogen-bond donors (Lipinski definition) is 1. The lowest BCUT2D eigenvalue weighted by molar-refractivity contribution is -0.125. The van der Waals surface area contributed by atoms with Gasteiger partial charge in [0.1, 0.15) is 0 Å². The third-order valence-corrected chi connectivity index (χ3v) is 4.20. The van der Waals surface area contributed by atoms with E-state index in [1.165, 1.54) is 5.69 Å².